The van der Waals surface area contributed by atoms with E-state index in [2.05, 4.69) is 37.8 Å². The molecule has 1 amide bonds. The maximum atomic E-state index is 11.8. The van der Waals surface area contributed by atoms with Crippen LogP contribution in [0.25, 0.3) is 10.9 Å². The van der Waals surface area contributed by atoms with Crippen LogP contribution in [0.5, 0.6) is 0 Å². The standard InChI is InChI=1S/C27H42N6O2S/c1-29-26(35)7-5-22(19-34)27-24-6-4-21(18-25(24)31(2)30-27)20-8-13-32(14-9-20)12-3-17-36-33-15-10-23(28)11-16-33/h4,6,18-20,22-23H,3,5,7-17,28H2,1-2H3,(H,29,35). The number of nitrogens with zero attached hydrogens (tertiary/aromatic N) is 4. The predicted octanol–water partition coefficient (Wildman–Crippen LogP) is 3.02. The molecule has 4 rings (SSSR count). The van der Waals surface area contributed by atoms with Gasteiger partial charge in [-0.2, -0.15) is 5.10 Å². The number of aldehydes is 1. The molecule has 1 atom stereocenters. The summed E-state index contributed by atoms with van der Waals surface area (Å²) in [6.45, 7) is 5.74. The van der Waals surface area contributed by atoms with Crippen molar-refractivity contribution in [1.29, 1.82) is 0 Å². The van der Waals surface area contributed by atoms with Crippen LogP contribution < -0.4 is 11.1 Å². The molecule has 0 radical (unpaired) electrons. The molecule has 0 aliphatic carbocycles. The summed E-state index contributed by atoms with van der Waals surface area (Å²) in [7, 11) is 3.56. The van der Waals surface area contributed by atoms with E-state index in [1.165, 1.54) is 37.1 Å². The van der Waals surface area contributed by atoms with Crippen molar-refractivity contribution in [2.45, 2.75) is 62.8 Å². The van der Waals surface area contributed by atoms with E-state index in [1.54, 1.807) is 7.05 Å². The lowest BCUT2D eigenvalue weighted by Gasteiger charge is -2.32. The van der Waals surface area contributed by atoms with Crippen LogP contribution in [-0.4, -0.2) is 82.7 Å². The summed E-state index contributed by atoms with van der Waals surface area (Å²) in [6.07, 6.45) is 7.56. The van der Waals surface area contributed by atoms with Crippen LogP contribution in [-0.2, 0) is 16.6 Å². The van der Waals surface area contributed by atoms with Crippen LogP contribution in [0.3, 0.4) is 0 Å². The normalized spacial score (nSPS) is 19.5. The fourth-order valence-electron chi connectivity index (χ4n) is 5.49. The first-order valence-corrected chi connectivity index (χ1v) is 14.4. The van der Waals surface area contributed by atoms with E-state index in [-0.39, 0.29) is 11.8 Å². The Morgan fingerprint density at radius 2 is 1.97 bits per heavy atom. The summed E-state index contributed by atoms with van der Waals surface area (Å²) in [6, 6.07) is 7.00. The fourth-order valence-corrected chi connectivity index (χ4v) is 6.47. The van der Waals surface area contributed by atoms with Crippen LogP contribution >= 0.6 is 11.9 Å². The van der Waals surface area contributed by atoms with Crippen LogP contribution in [0.15, 0.2) is 18.2 Å². The SMILES string of the molecule is CNC(=O)CCC(C=O)c1nn(C)c2cc(C3CCN(CCCSN4CCC(N)CC4)CC3)ccc12. The van der Waals surface area contributed by atoms with Gasteiger partial charge in [0.1, 0.15) is 6.29 Å². The van der Waals surface area contributed by atoms with Gasteiger partial charge in [-0.25, -0.2) is 0 Å². The van der Waals surface area contributed by atoms with Gasteiger partial charge < -0.3 is 20.7 Å². The molecule has 3 heterocycles. The Kier molecular flexibility index (Phi) is 9.81. The Balaban J connectivity index is 1.27. The number of nitrogens with one attached hydrogen (secondary N) is 1. The van der Waals surface area contributed by atoms with Crippen LogP contribution in [0.4, 0.5) is 0 Å². The molecule has 1 aromatic heterocycles. The summed E-state index contributed by atoms with van der Waals surface area (Å²) in [4.78, 5) is 26.1. The molecular weight excluding hydrogens is 472 g/mol. The molecule has 0 bridgehead atoms. The minimum atomic E-state index is -0.370. The third-order valence-corrected chi connectivity index (χ3v) is 9.03. The molecule has 2 aromatic rings. The van der Waals surface area contributed by atoms with E-state index in [4.69, 9.17) is 5.73 Å². The van der Waals surface area contributed by atoms with Crippen LogP contribution in [0.1, 0.15) is 68.0 Å². The number of aromatic nitrogens is 2. The fraction of sp³-hybridized carbons (Fsp3) is 0.667. The number of carbonyl (C=O) groups excluding carboxylic acids is 2. The molecule has 2 aliphatic heterocycles. The first-order valence-electron chi connectivity index (χ1n) is 13.5. The Hall–Kier alpha value is -1.94. The highest BCUT2D eigenvalue weighted by Crippen LogP contribution is 2.33. The minimum absolute atomic E-state index is 0.0540. The quantitative estimate of drug-likeness (QED) is 0.270. The number of nitrogens with two attached hydrogens (primary N) is 1. The van der Waals surface area contributed by atoms with Gasteiger partial charge in [-0.3, -0.25) is 13.8 Å². The van der Waals surface area contributed by atoms with E-state index < -0.39 is 0 Å². The number of rotatable bonds is 11. The number of hydrogen-bond donors (Lipinski definition) is 2. The zero-order valence-electron chi connectivity index (χ0n) is 21.8. The average molecular weight is 515 g/mol. The third-order valence-electron chi connectivity index (χ3n) is 7.83. The van der Waals surface area contributed by atoms with Gasteiger partial charge >= 0.3 is 0 Å². The van der Waals surface area contributed by atoms with E-state index in [0.29, 0.717) is 24.8 Å². The van der Waals surface area contributed by atoms with Gasteiger partial charge in [0.15, 0.2) is 0 Å². The van der Waals surface area contributed by atoms with Crippen molar-refractivity contribution in [2.24, 2.45) is 12.8 Å². The molecular formula is C27H42N6O2S. The second kappa shape index (κ2) is 13.0. The zero-order chi connectivity index (χ0) is 25.5. The Labute approximate surface area is 219 Å². The summed E-state index contributed by atoms with van der Waals surface area (Å²) < 4.78 is 4.38. The number of amides is 1. The molecule has 0 saturated carbocycles. The number of carbonyl (C=O) groups is 2. The van der Waals surface area contributed by atoms with Crippen molar-refractivity contribution >= 4 is 35.0 Å². The maximum absolute atomic E-state index is 11.8. The van der Waals surface area contributed by atoms with Crippen molar-refractivity contribution in [3.8, 4) is 0 Å². The molecule has 2 saturated heterocycles. The van der Waals surface area contributed by atoms with Crippen molar-refractivity contribution < 1.29 is 9.59 Å². The van der Waals surface area contributed by atoms with Crippen molar-refractivity contribution in [2.75, 3.05) is 45.5 Å². The van der Waals surface area contributed by atoms with Crippen molar-refractivity contribution in [1.82, 2.24) is 24.3 Å². The molecule has 1 unspecified atom stereocenters. The summed E-state index contributed by atoms with van der Waals surface area (Å²) in [5, 5.41) is 8.31. The monoisotopic (exact) mass is 514 g/mol. The lowest BCUT2D eigenvalue weighted by molar-refractivity contribution is -0.120. The Morgan fingerprint density at radius 3 is 2.67 bits per heavy atom. The van der Waals surface area contributed by atoms with Gasteiger partial charge in [0.05, 0.1) is 17.1 Å². The molecule has 0 spiro atoms. The van der Waals surface area contributed by atoms with Gasteiger partial charge in [-0.05, 0) is 75.7 Å². The molecule has 2 fully saturated rings. The number of aryl methyl sites for hydroxylation is 1. The molecule has 3 N–H and O–H groups in total. The van der Waals surface area contributed by atoms with Crippen molar-refractivity contribution in [3.05, 3.63) is 29.5 Å². The lowest BCUT2D eigenvalue weighted by Crippen LogP contribution is -2.36. The molecule has 8 nitrogen and oxygen atoms in total. The molecule has 198 valence electrons. The highest BCUT2D eigenvalue weighted by Gasteiger charge is 2.24. The minimum Gasteiger partial charge on any atom is -0.359 e. The number of benzene rings is 1. The summed E-state index contributed by atoms with van der Waals surface area (Å²) in [5.74, 6) is 1.33. The topological polar surface area (TPSA) is 96.5 Å². The number of hydrogen-bond acceptors (Lipinski definition) is 7. The van der Waals surface area contributed by atoms with Crippen LogP contribution in [0, 0.1) is 0 Å². The second-order valence-corrected chi connectivity index (χ2v) is 11.5. The van der Waals surface area contributed by atoms with Crippen molar-refractivity contribution in [3.63, 3.8) is 0 Å². The highest BCUT2D eigenvalue weighted by atomic mass is 32.2. The molecule has 36 heavy (non-hydrogen) atoms. The van der Waals surface area contributed by atoms with E-state index in [0.717, 1.165) is 61.9 Å². The van der Waals surface area contributed by atoms with Gasteiger partial charge in [-0.15, -0.1) is 0 Å². The number of likely N-dealkylation sites (tertiary alicyclic amines) is 1. The van der Waals surface area contributed by atoms with Gasteiger partial charge in [0, 0.05) is 50.8 Å². The van der Waals surface area contributed by atoms with E-state index in [1.807, 2.05) is 23.7 Å². The highest BCUT2D eigenvalue weighted by molar-refractivity contribution is 7.97. The lowest BCUT2D eigenvalue weighted by atomic mass is 9.88. The first-order chi connectivity index (χ1) is 17.5. The van der Waals surface area contributed by atoms with Gasteiger partial charge in [0.2, 0.25) is 5.91 Å². The summed E-state index contributed by atoms with van der Waals surface area (Å²) in [5.41, 5.74) is 9.21. The second-order valence-electron chi connectivity index (χ2n) is 10.3. The zero-order valence-corrected chi connectivity index (χ0v) is 22.6. The largest absolute Gasteiger partial charge is 0.359 e. The number of piperidine rings is 2. The third kappa shape index (κ3) is 6.88. The molecule has 1 aromatic carbocycles. The predicted molar refractivity (Wildman–Crippen MR) is 147 cm³/mol. The molecule has 9 heteroatoms. The maximum Gasteiger partial charge on any atom is 0.219 e. The average Bonchev–Trinajstić information content (AvgIpc) is 3.23. The summed E-state index contributed by atoms with van der Waals surface area (Å²) >= 11 is 2.00. The Morgan fingerprint density at radius 1 is 1.22 bits per heavy atom. The number of fused-ring (bicyclic) bond motifs is 1. The first kappa shape index (κ1) is 27.1. The van der Waals surface area contributed by atoms with Gasteiger partial charge in [-0.1, -0.05) is 24.1 Å². The molecule has 2 aliphatic rings. The Bertz CT molecular complexity index is 1010. The smallest absolute Gasteiger partial charge is 0.219 e. The van der Waals surface area contributed by atoms with Crippen LogP contribution in [0.2, 0.25) is 0 Å². The van der Waals surface area contributed by atoms with Gasteiger partial charge in [0.25, 0.3) is 0 Å². The van der Waals surface area contributed by atoms with E-state index >= 15 is 0 Å². The van der Waals surface area contributed by atoms with E-state index in [9.17, 15) is 9.59 Å².